The molecule has 1 aromatic rings. The summed E-state index contributed by atoms with van der Waals surface area (Å²) in [6.07, 6.45) is -0.0231. The van der Waals surface area contributed by atoms with Crippen molar-refractivity contribution in [1.29, 1.82) is 0 Å². The van der Waals surface area contributed by atoms with E-state index in [-0.39, 0.29) is 36.0 Å². The van der Waals surface area contributed by atoms with E-state index in [2.05, 4.69) is 25.4 Å². The molecule has 8 nitrogen and oxygen atoms in total. The number of guanidine groups is 1. The predicted molar refractivity (Wildman–Crippen MR) is 131 cm³/mol. The zero-order valence-corrected chi connectivity index (χ0v) is 21.0. The number of nitrogens with zero attached hydrogens (tertiary/aromatic N) is 3. The van der Waals surface area contributed by atoms with Crippen LogP contribution in [0.2, 0.25) is 5.02 Å². The van der Waals surface area contributed by atoms with Crippen LogP contribution >= 0.6 is 35.6 Å². The van der Waals surface area contributed by atoms with Gasteiger partial charge in [0.05, 0.1) is 19.7 Å². The number of carbonyl (C=O) groups excluding carboxylic acids is 1. The number of piperazine rings is 1. The van der Waals surface area contributed by atoms with Gasteiger partial charge < -0.3 is 25.0 Å². The number of hydrogen-bond donors (Lipinski definition) is 2. The smallest absolute Gasteiger partial charge is 0.234 e. The van der Waals surface area contributed by atoms with E-state index in [0.29, 0.717) is 31.3 Å². The quantitative estimate of drug-likeness (QED) is 0.210. The Labute approximate surface area is 201 Å². The molecule has 1 aliphatic rings. The maximum atomic E-state index is 11.9. The molecule has 0 saturated carbocycles. The molecule has 0 spiro atoms. The first-order valence-corrected chi connectivity index (χ1v) is 10.3. The van der Waals surface area contributed by atoms with Crippen molar-refractivity contribution in [2.75, 3.05) is 66.6 Å². The molecule has 1 amide bonds. The first-order chi connectivity index (χ1) is 14.0. The minimum atomic E-state index is -0.0231. The summed E-state index contributed by atoms with van der Waals surface area (Å²) in [4.78, 5) is 20.7. The molecule has 30 heavy (non-hydrogen) atoms. The van der Waals surface area contributed by atoms with Crippen LogP contribution in [0, 0.1) is 0 Å². The maximum absolute atomic E-state index is 11.9. The summed E-state index contributed by atoms with van der Waals surface area (Å²) in [6.45, 7) is 7.39. The van der Waals surface area contributed by atoms with E-state index in [1.807, 2.05) is 31.2 Å². The van der Waals surface area contributed by atoms with Gasteiger partial charge in [-0.25, -0.2) is 0 Å². The number of aliphatic imine (C=N–C) groups is 1. The van der Waals surface area contributed by atoms with Crippen LogP contribution in [0.25, 0.3) is 0 Å². The van der Waals surface area contributed by atoms with Crippen LogP contribution in [0.5, 0.6) is 5.75 Å². The summed E-state index contributed by atoms with van der Waals surface area (Å²) in [7, 11) is 3.40. The molecule has 0 radical (unpaired) electrons. The molecule has 1 saturated heterocycles. The molecule has 2 N–H and O–H groups in total. The Morgan fingerprint density at radius 1 is 1.20 bits per heavy atom. The number of rotatable bonds is 9. The summed E-state index contributed by atoms with van der Waals surface area (Å²) in [6, 6.07) is 7.34. The fraction of sp³-hybridized carbons (Fsp3) is 0.600. The van der Waals surface area contributed by atoms with Crippen LogP contribution in [0.15, 0.2) is 29.3 Å². The second-order valence-electron chi connectivity index (χ2n) is 6.92. The highest BCUT2D eigenvalue weighted by Gasteiger charge is 2.21. The van der Waals surface area contributed by atoms with Gasteiger partial charge in [-0.2, -0.15) is 0 Å². The first kappa shape index (κ1) is 26.7. The Kier molecular flexibility index (Phi) is 13.1. The molecule has 1 aromatic carbocycles. The highest BCUT2D eigenvalue weighted by atomic mass is 127. The van der Waals surface area contributed by atoms with Gasteiger partial charge in [0.15, 0.2) is 5.96 Å². The van der Waals surface area contributed by atoms with Crippen molar-refractivity contribution in [2.45, 2.75) is 13.0 Å². The molecule has 0 aliphatic carbocycles. The van der Waals surface area contributed by atoms with Crippen LogP contribution < -0.4 is 15.4 Å². The van der Waals surface area contributed by atoms with Crippen LogP contribution in [0.4, 0.5) is 0 Å². The van der Waals surface area contributed by atoms with Crippen LogP contribution in [-0.4, -0.2) is 94.3 Å². The molecule has 10 heteroatoms. The fourth-order valence-corrected chi connectivity index (χ4v) is 3.15. The van der Waals surface area contributed by atoms with Gasteiger partial charge in [-0.1, -0.05) is 11.6 Å². The van der Waals surface area contributed by atoms with Crippen molar-refractivity contribution in [1.82, 2.24) is 20.4 Å². The molecule has 1 unspecified atom stereocenters. The minimum absolute atomic E-state index is 0. The van der Waals surface area contributed by atoms with Gasteiger partial charge in [-0.15, -0.1) is 24.0 Å². The van der Waals surface area contributed by atoms with Crippen molar-refractivity contribution in [2.24, 2.45) is 4.99 Å². The number of halogens is 2. The largest absolute Gasteiger partial charge is 0.489 e. The Bertz CT molecular complexity index is 654. The van der Waals surface area contributed by atoms with E-state index in [0.717, 1.165) is 37.9 Å². The minimum Gasteiger partial charge on any atom is -0.489 e. The monoisotopic (exact) mass is 553 g/mol. The number of hydrogen-bond acceptors (Lipinski definition) is 5. The Balaban J connectivity index is 0.00000450. The molecule has 170 valence electrons. The Morgan fingerprint density at radius 3 is 2.47 bits per heavy atom. The number of ether oxygens (including phenoxy) is 2. The van der Waals surface area contributed by atoms with Gasteiger partial charge in [0.1, 0.15) is 11.9 Å². The molecular formula is C20H33ClIN5O3. The summed E-state index contributed by atoms with van der Waals surface area (Å²) < 4.78 is 10.8. The Hall–Kier alpha value is -1.30. The van der Waals surface area contributed by atoms with Crippen molar-refractivity contribution >= 4 is 47.4 Å². The van der Waals surface area contributed by atoms with Crippen molar-refractivity contribution in [3.05, 3.63) is 29.3 Å². The second kappa shape index (κ2) is 14.7. The third-order valence-electron chi connectivity index (χ3n) is 4.58. The highest BCUT2D eigenvalue weighted by Crippen LogP contribution is 2.16. The lowest BCUT2D eigenvalue weighted by Gasteiger charge is -2.36. The lowest BCUT2D eigenvalue weighted by Crippen LogP contribution is -2.54. The van der Waals surface area contributed by atoms with E-state index in [9.17, 15) is 4.79 Å². The van der Waals surface area contributed by atoms with Crippen LogP contribution in [-0.2, 0) is 9.53 Å². The van der Waals surface area contributed by atoms with E-state index in [1.54, 1.807) is 14.2 Å². The third-order valence-corrected chi connectivity index (χ3v) is 4.83. The van der Waals surface area contributed by atoms with E-state index in [4.69, 9.17) is 21.1 Å². The number of amides is 1. The molecule has 1 aliphatic heterocycles. The summed E-state index contributed by atoms with van der Waals surface area (Å²) >= 11 is 5.90. The van der Waals surface area contributed by atoms with Gasteiger partial charge in [-0.05, 0) is 31.2 Å². The average molecular weight is 554 g/mol. The van der Waals surface area contributed by atoms with Crippen LogP contribution in [0.1, 0.15) is 6.92 Å². The molecule has 0 aromatic heterocycles. The Morgan fingerprint density at radius 2 is 1.87 bits per heavy atom. The summed E-state index contributed by atoms with van der Waals surface area (Å²) in [5.41, 5.74) is 0. The molecule has 2 rings (SSSR count). The highest BCUT2D eigenvalue weighted by molar-refractivity contribution is 14.0. The zero-order valence-electron chi connectivity index (χ0n) is 17.9. The van der Waals surface area contributed by atoms with Gasteiger partial charge in [0, 0.05) is 51.9 Å². The van der Waals surface area contributed by atoms with Crippen molar-refractivity contribution < 1.29 is 14.3 Å². The van der Waals surface area contributed by atoms with Crippen LogP contribution in [0.3, 0.4) is 0 Å². The summed E-state index contributed by atoms with van der Waals surface area (Å²) in [5, 5.41) is 6.92. The number of carbonyl (C=O) groups is 1. The topological polar surface area (TPSA) is 78.4 Å². The van der Waals surface area contributed by atoms with E-state index in [1.165, 1.54) is 0 Å². The molecule has 1 heterocycles. The van der Waals surface area contributed by atoms with Gasteiger partial charge in [0.25, 0.3) is 0 Å². The second-order valence-corrected chi connectivity index (χ2v) is 7.35. The number of nitrogens with one attached hydrogen (secondary N) is 2. The molecule has 1 atom stereocenters. The van der Waals surface area contributed by atoms with E-state index >= 15 is 0 Å². The van der Waals surface area contributed by atoms with Crippen molar-refractivity contribution in [3.63, 3.8) is 0 Å². The zero-order chi connectivity index (χ0) is 21.1. The van der Waals surface area contributed by atoms with E-state index < -0.39 is 0 Å². The average Bonchev–Trinajstić information content (AvgIpc) is 2.71. The fourth-order valence-electron chi connectivity index (χ4n) is 3.02. The van der Waals surface area contributed by atoms with Gasteiger partial charge in [-0.3, -0.25) is 14.7 Å². The first-order valence-electron chi connectivity index (χ1n) is 9.87. The van der Waals surface area contributed by atoms with Crippen molar-refractivity contribution in [3.8, 4) is 5.75 Å². The lowest BCUT2D eigenvalue weighted by atomic mass is 10.3. The predicted octanol–water partition coefficient (Wildman–Crippen LogP) is 1.68. The lowest BCUT2D eigenvalue weighted by molar-refractivity contribution is -0.122. The normalized spacial score (nSPS) is 15.9. The SMILES string of the molecule is CN=C(NCC(C)Oc1ccc(Cl)cc1)N1CCN(CC(=O)NCCOC)CC1.I. The van der Waals surface area contributed by atoms with Gasteiger partial charge >= 0.3 is 0 Å². The molecular weight excluding hydrogens is 521 g/mol. The number of methoxy groups -OCH3 is 1. The van der Waals surface area contributed by atoms with Gasteiger partial charge in [0.2, 0.25) is 5.91 Å². The maximum Gasteiger partial charge on any atom is 0.234 e. The molecule has 0 bridgehead atoms. The molecule has 1 fully saturated rings. The summed E-state index contributed by atoms with van der Waals surface area (Å²) in [5.74, 6) is 1.67. The number of benzene rings is 1. The third kappa shape index (κ3) is 9.67. The standard InChI is InChI=1S/C20H32ClN5O3.HI/c1-16(29-18-6-4-17(21)5-7-18)14-24-20(22-2)26-11-9-25(10-12-26)15-19(27)23-8-13-28-3;/h4-7,16H,8-15H2,1-3H3,(H,22,24)(H,23,27);1H.